The molecule has 2 N–H and O–H groups in total. The fourth-order valence-electron chi connectivity index (χ4n) is 4.97. The van der Waals surface area contributed by atoms with E-state index in [1.54, 1.807) is 0 Å². The van der Waals surface area contributed by atoms with Crippen LogP contribution in [-0.2, 0) is 16.0 Å². The van der Waals surface area contributed by atoms with Crippen LogP contribution < -0.4 is 10.6 Å². The summed E-state index contributed by atoms with van der Waals surface area (Å²) < 4.78 is 0. The van der Waals surface area contributed by atoms with Crippen molar-refractivity contribution in [1.29, 1.82) is 0 Å². The Morgan fingerprint density at radius 2 is 1.69 bits per heavy atom. The number of hydrogen-bond acceptors (Lipinski definition) is 4. The van der Waals surface area contributed by atoms with Crippen molar-refractivity contribution >= 4 is 23.2 Å². The Kier molecular flexibility index (Phi) is 7.70. The summed E-state index contributed by atoms with van der Waals surface area (Å²) in [5, 5.41) is 6.35. The van der Waals surface area contributed by atoms with Gasteiger partial charge >= 0.3 is 0 Å². The molecular formula is C29H34N4O2. The third kappa shape index (κ3) is 5.65. The first-order chi connectivity index (χ1) is 17.0. The highest BCUT2D eigenvalue weighted by atomic mass is 16.2. The van der Waals surface area contributed by atoms with E-state index in [1.165, 1.54) is 17.2 Å². The van der Waals surface area contributed by atoms with Gasteiger partial charge in [-0.2, -0.15) is 0 Å². The van der Waals surface area contributed by atoms with E-state index in [0.29, 0.717) is 5.69 Å². The predicted molar refractivity (Wildman–Crippen MR) is 141 cm³/mol. The Labute approximate surface area is 208 Å². The number of likely N-dealkylation sites (N-methyl/N-ethyl adjacent to an activating group) is 2. The molecule has 35 heavy (non-hydrogen) atoms. The van der Waals surface area contributed by atoms with Gasteiger partial charge in [0, 0.05) is 20.0 Å². The van der Waals surface area contributed by atoms with E-state index in [2.05, 4.69) is 46.4 Å². The number of carbonyl (C=O) groups excluding carboxylic acids is 2. The molecule has 1 saturated heterocycles. The third-order valence-electron chi connectivity index (χ3n) is 6.79. The molecule has 0 bridgehead atoms. The average Bonchev–Trinajstić information content (AvgIpc) is 2.87. The highest BCUT2D eigenvalue weighted by Crippen LogP contribution is 2.35. The average molecular weight is 471 g/mol. The Hall–Kier alpha value is -3.80. The van der Waals surface area contributed by atoms with Gasteiger partial charge in [-0.05, 0) is 67.5 Å². The largest absolute Gasteiger partial charge is 0.340 e. The molecule has 6 heteroatoms. The number of amides is 2. The normalized spacial score (nSPS) is 23.1. The second kappa shape index (κ2) is 11.1. The zero-order valence-corrected chi connectivity index (χ0v) is 20.5. The van der Waals surface area contributed by atoms with Crippen molar-refractivity contribution in [1.82, 2.24) is 9.80 Å². The highest BCUT2D eigenvalue weighted by Gasteiger charge is 2.39. The van der Waals surface area contributed by atoms with Gasteiger partial charge in [0.25, 0.3) is 0 Å². The van der Waals surface area contributed by atoms with Gasteiger partial charge in [-0.15, -0.1) is 0 Å². The van der Waals surface area contributed by atoms with Gasteiger partial charge in [-0.25, -0.2) is 0 Å². The molecule has 2 heterocycles. The summed E-state index contributed by atoms with van der Waals surface area (Å²) in [7, 11) is 3.92. The number of fused-ring (bicyclic) bond motifs is 1. The molecule has 0 spiro atoms. The second-order valence-electron chi connectivity index (χ2n) is 9.17. The van der Waals surface area contributed by atoms with Crippen LogP contribution in [0.4, 0.5) is 11.4 Å². The summed E-state index contributed by atoms with van der Waals surface area (Å²) in [4.78, 5) is 29.3. The van der Waals surface area contributed by atoms with Crippen LogP contribution in [0, 0.1) is 5.92 Å². The number of piperidine rings is 1. The minimum atomic E-state index is -0.261. The van der Waals surface area contributed by atoms with Crippen molar-refractivity contribution in [3.8, 4) is 0 Å². The molecule has 6 nitrogen and oxygen atoms in total. The van der Waals surface area contributed by atoms with Crippen LogP contribution in [0.2, 0.25) is 0 Å². The van der Waals surface area contributed by atoms with Crippen molar-refractivity contribution in [3.05, 3.63) is 96.4 Å². The lowest BCUT2D eigenvalue weighted by Gasteiger charge is -2.45. The maximum Gasteiger partial charge on any atom is 0.247 e. The van der Waals surface area contributed by atoms with Gasteiger partial charge in [0.1, 0.15) is 12.0 Å². The van der Waals surface area contributed by atoms with E-state index in [1.807, 2.05) is 61.5 Å². The Morgan fingerprint density at radius 1 is 1.00 bits per heavy atom. The topological polar surface area (TPSA) is 64.7 Å². The number of carbonyl (C=O) groups is 2. The smallest absolute Gasteiger partial charge is 0.247 e. The number of benzene rings is 2. The summed E-state index contributed by atoms with van der Waals surface area (Å²) in [5.74, 6) is 0.825. The molecule has 2 aliphatic heterocycles. The van der Waals surface area contributed by atoms with Crippen molar-refractivity contribution in [2.45, 2.75) is 38.3 Å². The first kappa shape index (κ1) is 24.3. The molecule has 2 unspecified atom stereocenters. The number of rotatable bonds is 7. The number of anilines is 2. The van der Waals surface area contributed by atoms with Gasteiger partial charge in [0.2, 0.25) is 11.8 Å². The lowest BCUT2D eigenvalue weighted by molar-refractivity contribution is -0.141. The zero-order valence-electron chi connectivity index (χ0n) is 20.5. The first-order valence-corrected chi connectivity index (χ1v) is 12.2. The summed E-state index contributed by atoms with van der Waals surface area (Å²) in [5.41, 5.74) is 4.02. The Morgan fingerprint density at radius 3 is 2.43 bits per heavy atom. The second-order valence-corrected chi connectivity index (χ2v) is 9.17. The first-order valence-electron chi connectivity index (χ1n) is 12.2. The van der Waals surface area contributed by atoms with Gasteiger partial charge < -0.3 is 20.4 Å². The SMILES string of the molecule is C=CC(=O)Nc1ccccc1N/C1=C/CC/C=C2/CC(CCc3ccccc3)C(=O)N(C)C2N1C. The maximum absolute atomic E-state index is 13.4. The van der Waals surface area contributed by atoms with E-state index in [0.717, 1.165) is 43.6 Å². The number of aryl methyl sites for hydroxylation is 1. The molecule has 0 radical (unpaired) electrons. The minimum absolute atomic E-state index is 0.00855. The van der Waals surface area contributed by atoms with Crippen LogP contribution in [0.1, 0.15) is 31.2 Å². The minimum Gasteiger partial charge on any atom is -0.340 e. The van der Waals surface area contributed by atoms with Gasteiger partial charge in [0.05, 0.1) is 11.4 Å². The number of likely N-dealkylation sites (tertiary alicyclic amines) is 1. The Balaban J connectivity index is 1.51. The van der Waals surface area contributed by atoms with E-state index in [4.69, 9.17) is 0 Å². The molecule has 0 aliphatic carbocycles. The molecule has 2 aromatic rings. The van der Waals surface area contributed by atoms with Crippen LogP contribution in [0.3, 0.4) is 0 Å². The molecule has 2 aliphatic rings. The van der Waals surface area contributed by atoms with Crippen molar-refractivity contribution in [3.63, 3.8) is 0 Å². The van der Waals surface area contributed by atoms with Crippen LogP contribution >= 0.6 is 0 Å². The number of allylic oxidation sites excluding steroid dienone is 2. The molecule has 0 aromatic heterocycles. The van der Waals surface area contributed by atoms with Crippen LogP contribution in [0.5, 0.6) is 0 Å². The van der Waals surface area contributed by atoms with Crippen molar-refractivity contribution < 1.29 is 9.59 Å². The summed E-state index contributed by atoms with van der Waals surface area (Å²) in [6.45, 7) is 3.54. The van der Waals surface area contributed by atoms with E-state index >= 15 is 0 Å². The van der Waals surface area contributed by atoms with E-state index in [-0.39, 0.29) is 23.9 Å². The maximum atomic E-state index is 13.4. The van der Waals surface area contributed by atoms with Crippen molar-refractivity contribution in [2.24, 2.45) is 5.92 Å². The predicted octanol–water partition coefficient (Wildman–Crippen LogP) is 5.15. The summed E-state index contributed by atoms with van der Waals surface area (Å²) in [6.07, 6.45) is 9.91. The fraction of sp³-hybridized carbons (Fsp3) is 0.310. The lowest BCUT2D eigenvalue weighted by Crippen LogP contribution is -2.54. The van der Waals surface area contributed by atoms with Crippen LogP contribution in [0.25, 0.3) is 0 Å². The molecule has 4 rings (SSSR count). The number of nitrogens with zero attached hydrogens (tertiary/aromatic N) is 2. The fourth-order valence-corrected chi connectivity index (χ4v) is 4.97. The van der Waals surface area contributed by atoms with Gasteiger partial charge in [-0.1, -0.05) is 55.1 Å². The van der Waals surface area contributed by atoms with E-state index in [9.17, 15) is 9.59 Å². The lowest BCUT2D eigenvalue weighted by atomic mass is 9.85. The third-order valence-corrected chi connectivity index (χ3v) is 6.79. The molecular weight excluding hydrogens is 436 g/mol. The highest BCUT2D eigenvalue weighted by molar-refractivity contribution is 6.01. The molecule has 2 aromatic carbocycles. The molecule has 2 atom stereocenters. The standard InChI is InChI=1S/C29H34N4O2/c1-4-27(34)31-25-16-10-9-15-24(25)30-26-17-11-8-14-22-20-23(19-18-21-12-6-5-7-13-21)29(35)33(3)28(22)32(26)2/h4-7,9-10,12-17,23,28,30H,1,8,11,18-20H2,2-3H3,(H,31,34)/b22-14-,26-17-. The zero-order chi connectivity index (χ0) is 24.8. The number of para-hydroxylation sites is 2. The Bertz CT molecular complexity index is 1140. The van der Waals surface area contributed by atoms with Crippen LogP contribution in [0.15, 0.2) is 90.8 Å². The molecule has 1 fully saturated rings. The van der Waals surface area contributed by atoms with Crippen LogP contribution in [-0.4, -0.2) is 41.9 Å². The van der Waals surface area contributed by atoms with Crippen molar-refractivity contribution in [2.75, 3.05) is 24.7 Å². The molecule has 0 saturated carbocycles. The van der Waals surface area contributed by atoms with Gasteiger partial charge in [0.15, 0.2) is 0 Å². The number of hydrogen-bond donors (Lipinski definition) is 2. The molecule has 2 amide bonds. The number of nitrogens with one attached hydrogen (secondary N) is 2. The van der Waals surface area contributed by atoms with E-state index < -0.39 is 0 Å². The monoisotopic (exact) mass is 470 g/mol. The summed E-state index contributed by atoms with van der Waals surface area (Å²) in [6, 6.07) is 18.0. The molecule has 182 valence electrons. The quantitative estimate of drug-likeness (QED) is 0.434. The summed E-state index contributed by atoms with van der Waals surface area (Å²) >= 11 is 0. The van der Waals surface area contributed by atoms with Gasteiger partial charge in [-0.3, -0.25) is 9.59 Å².